The number of aromatic nitrogens is 1. The molecule has 0 aromatic carbocycles. The SMILES string of the molecule is Cc1cnc(C(N)=O)c(C(F)F)c1Cl. The fourth-order valence-corrected chi connectivity index (χ4v) is 1.22. The Bertz CT molecular complexity index is 382. The van der Waals surface area contributed by atoms with Gasteiger partial charge in [0.2, 0.25) is 0 Å². The number of halogens is 3. The number of primary amides is 1. The molecular formula is C8H7ClF2N2O. The van der Waals surface area contributed by atoms with Crippen molar-refractivity contribution in [2.24, 2.45) is 5.73 Å². The molecule has 14 heavy (non-hydrogen) atoms. The van der Waals surface area contributed by atoms with Crippen molar-refractivity contribution in [2.45, 2.75) is 13.3 Å². The maximum absolute atomic E-state index is 12.5. The molecule has 0 aliphatic rings. The van der Waals surface area contributed by atoms with Crippen LogP contribution >= 0.6 is 11.6 Å². The molecule has 0 bridgehead atoms. The van der Waals surface area contributed by atoms with Crippen LogP contribution in [0, 0.1) is 6.92 Å². The number of nitrogens with two attached hydrogens (primary N) is 1. The molecule has 0 saturated heterocycles. The second-order valence-corrected chi connectivity index (χ2v) is 3.06. The molecule has 76 valence electrons. The molecule has 0 aliphatic heterocycles. The highest BCUT2D eigenvalue weighted by Gasteiger charge is 2.22. The Kier molecular flexibility index (Phi) is 3.00. The number of carbonyl (C=O) groups excluding carboxylic acids is 1. The summed E-state index contributed by atoms with van der Waals surface area (Å²) in [5.74, 6) is -1.01. The molecule has 6 heteroatoms. The van der Waals surface area contributed by atoms with Gasteiger partial charge in [0, 0.05) is 6.20 Å². The molecule has 0 aliphatic carbocycles. The van der Waals surface area contributed by atoms with Gasteiger partial charge in [-0.1, -0.05) is 11.6 Å². The van der Waals surface area contributed by atoms with Gasteiger partial charge in [0.25, 0.3) is 12.3 Å². The first-order chi connectivity index (χ1) is 6.45. The predicted octanol–water partition coefficient (Wildman–Crippen LogP) is 2.08. The smallest absolute Gasteiger partial charge is 0.267 e. The standard InChI is InChI=1S/C8H7ClF2N2O/c1-3-2-13-6(8(12)14)4(5(3)9)7(10)11/h2,7H,1H3,(H2,12,14). The number of pyridine rings is 1. The fraction of sp³-hybridized carbons (Fsp3) is 0.250. The molecule has 2 N–H and O–H groups in total. The van der Waals surface area contributed by atoms with Crippen LogP contribution < -0.4 is 5.73 Å². The lowest BCUT2D eigenvalue weighted by atomic mass is 10.1. The summed E-state index contributed by atoms with van der Waals surface area (Å²) >= 11 is 5.61. The van der Waals surface area contributed by atoms with Crippen LogP contribution in [0.1, 0.15) is 28.0 Å². The summed E-state index contributed by atoms with van der Waals surface area (Å²) in [4.78, 5) is 14.3. The van der Waals surface area contributed by atoms with Gasteiger partial charge >= 0.3 is 0 Å². The van der Waals surface area contributed by atoms with Gasteiger partial charge in [-0.2, -0.15) is 0 Å². The molecule has 0 atom stereocenters. The third-order valence-electron chi connectivity index (χ3n) is 1.68. The molecule has 0 spiro atoms. The van der Waals surface area contributed by atoms with E-state index in [0.29, 0.717) is 5.56 Å². The quantitative estimate of drug-likeness (QED) is 0.830. The molecule has 1 aromatic rings. The molecule has 0 radical (unpaired) electrons. The fourth-order valence-electron chi connectivity index (χ4n) is 0.999. The number of carbonyl (C=O) groups is 1. The Labute approximate surface area is 83.9 Å². The first-order valence-electron chi connectivity index (χ1n) is 3.68. The maximum Gasteiger partial charge on any atom is 0.267 e. The first kappa shape index (κ1) is 10.8. The number of amides is 1. The molecule has 1 rings (SSSR count). The van der Waals surface area contributed by atoms with Crippen molar-refractivity contribution in [1.29, 1.82) is 0 Å². The van der Waals surface area contributed by atoms with Gasteiger partial charge in [-0.25, -0.2) is 8.78 Å². The second kappa shape index (κ2) is 3.88. The van der Waals surface area contributed by atoms with Crippen molar-refractivity contribution < 1.29 is 13.6 Å². The third-order valence-corrected chi connectivity index (χ3v) is 2.18. The van der Waals surface area contributed by atoms with Gasteiger partial charge in [-0.15, -0.1) is 0 Å². The average molecular weight is 221 g/mol. The minimum absolute atomic E-state index is 0.163. The van der Waals surface area contributed by atoms with Crippen LogP contribution in [-0.4, -0.2) is 10.9 Å². The van der Waals surface area contributed by atoms with Crippen LogP contribution in [-0.2, 0) is 0 Å². The molecule has 1 amide bonds. The van der Waals surface area contributed by atoms with Gasteiger partial charge < -0.3 is 5.73 Å². The number of alkyl halides is 2. The van der Waals surface area contributed by atoms with Gasteiger partial charge in [-0.05, 0) is 12.5 Å². The van der Waals surface area contributed by atoms with Crippen LogP contribution in [0.3, 0.4) is 0 Å². The van der Waals surface area contributed by atoms with Crippen LogP contribution in [0.5, 0.6) is 0 Å². The predicted molar refractivity (Wildman–Crippen MR) is 47.5 cm³/mol. The summed E-state index contributed by atoms with van der Waals surface area (Å²) in [6, 6.07) is 0. The summed E-state index contributed by atoms with van der Waals surface area (Å²) in [6.45, 7) is 1.52. The molecule has 0 unspecified atom stereocenters. The maximum atomic E-state index is 12.5. The summed E-state index contributed by atoms with van der Waals surface area (Å²) < 4.78 is 25.0. The minimum Gasteiger partial charge on any atom is -0.364 e. The third kappa shape index (κ3) is 1.82. The van der Waals surface area contributed by atoms with E-state index >= 15 is 0 Å². The zero-order valence-electron chi connectivity index (χ0n) is 7.22. The minimum atomic E-state index is -2.86. The molecule has 0 saturated carbocycles. The van der Waals surface area contributed by atoms with Gasteiger partial charge in [0.15, 0.2) is 0 Å². The summed E-state index contributed by atoms with van der Waals surface area (Å²) in [7, 11) is 0. The van der Waals surface area contributed by atoms with E-state index in [2.05, 4.69) is 4.98 Å². The highest BCUT2D eigenvalue weighted by atomic mass is 35.5. The summed E-state index contributed by atoms with van der Waals surface area (Å²) in [6.07, 6.45) is -1.63. The Morgan fingerprint density at radius 3 is 2.64 bits per heavy atom. The van der Waals surface area contributed by atoms with Crippen molar-refractivity contribution in [3.05, 3.63) is 28.0 Å². The van der Waals surface area contributed by atoms with Crippen LogP contribution in [0.25, 0.3) is 0 Å². The van der Waals surface area contributed by atoms with E-state index in [1.165, 1.54) is 13.1 Å². The van der Waals surface area contributed by atoms with Gasteiger partial charge in [0.05, 0.1) is 10.6 Å². The second-order valence-electron chi connectivity index (χ2n) is 2.68. The topological polar surface area (TPSA) is 56.0 Å². The monoisotopic (exact) mass is 220 g/mol. The zero-order chi connectivity index (χ0) is 10.9. The van der Waals surface area contributed by atoms with E-state index in [0.717, 1.165) is 0 Å². The van der Waals surface area contributed by atoms with Crippen molar-refractivity contribution in [3.8, 4) is 0 Å². The normalized spacial score (nSPS) is 10.6. The van der Waals surface area contributed by atoms with Gasteiger partial charge in [0.1, 0.15) is 5.69 Å². The summed E-state index contributed by atoms with van der Waals surface area (Å²) in [5, 5.41) is -0.163. The number of aryl methyl sites for hydroxylation is 1. The lowest BCUT2D eigenvalue weighted by molar-refractivity contribution is 0.0980. The molecule has 0 fully saturated rings. The summed E-state index contributed by atoms with van der Waals surface area (Å²) in [5.41, 5.74) is 4.19. The molecule has 1 heterocycles. The van der Waals surface area contributed by atoms with Crippen LogP contribution in [0.4, 0.5) is 8.78 Å². The van der Waals surface area contributed by atoms with Crippen LogP contribution in [0.15, 0.2) is 6.20 Å². The number of nitrogens with zero attached hydrogens (tertiary/aromatic N) is 1. The lowest BCUT2D eigenvalue weighted by Gasteiger charge is -2.08. The Balaban J connectivity index is 3.45. The number of hydrogen-bond acceptors (Lipinski definition) is 2. The Morgan fingerprint density at radius 2 is 2.21 bits per heavy atom. The first-order valence-corrected chi connectivity index (χ1v) is 4.06. The van der Waals surface area contributed by atoms with E-state index < -0.39 is 23.6 Å². The molecular weight excluding hydrogens is 214 g/mol. The number of hydrogen-bond donors (Lipinski definition) is 1. The van der Waals surface area contributed by atoms with Gasteiger partial charge in [-0.3, -0.25) is 9.78 Å². The lowest BCUT2D eigenvalue weighted by Crippen LogP contribution is -2.16. The highest BCUT2D eigenvalue weighted by Crippen LogP contribution is 2.31. The van der Waals surface area contributed by atoms with Crippen LogP contribution in [0.2, 0.25) is 5.02 Å². The Morgan fingerprint density at radius 1 is 1.64 bits per heavy atom. The van der Waals surface area contributed by atoms with E-state index in [9.17, 15) is 13.6 Å². The van der Waals surface area contributed by atoms with E-state index in [-0.39, 0.29) is 5.02 Å². The van der Waals surface area contributed by atoms with Crippen molar-refractivity contribution >= 4 is 17.5 Å². The van der Waals surface area contributed by atoms with Crippen molar-refractivity contribution in [3.63, 3.8) is 0 Å². The van der Waals surface area contributed by atoms with E-state index in [1.54, 1.807) is 0 Å². The number of rotatable bonds is 2. The van der Waals surface area contributed by atoms with Crippen molar-refractivity contribution in [2.75, 3.05) is 0 Å². The molecule has 1 aromatic heterocycles. The van der Waals surface area contributed by atoms with E-state index in [1.807, 2.05) is 0 Å². The average Bonchev–Trinajstić information content (AvgIpc) is 2.08. The molecule has 3 nitrogen and oxygen atoms in total. The van der Waals surface area contributed by atoms with E-state index in [4.69, 9.17) is 17.3 Å². The highest BCUT2D eigenvalue weighted by molar-refractivity contribution is 6.32. The van der Waals surface area contributed by atoms with Crippen molar-refractivity contribution in [1.82, 2.24) is 4.98 Å². The zero-order valence-corrected chi connectivity index (χ0v) is 7.98. The Hall–Kier alpha value is -1.23. The largest absolute Gasteiger partial charge is 0.364 e.